The summed E-state index contributed by atoms with van der Waals surface area (Å²) >= 11 is 5.40. The molecule has 5 heteroatoms. The molecule has 0 atom stereocenters. The molecule has 0 aliphatic rings. The Balaban J connectivity index is 2.85. The van der Waals surface area contributed by atoms with E-state index in [1.54, 1.807) is 19.2 Å². The molecule has 0 aliphatic heterocycles. The van der Waals surface area contributed by atoms with Gasteiger partial charge >= 0.3 is 0 Å². The minimum atomic E-state index is -0.445. The lowest BCUT2D eigenvalue weighted by Gasteiger charge is -2.16. The van der Waals surface area contributed by atoms with Crippen molar-refractivity contribution in [3.05, 3.63) is 29.6 Å². The highest BCUT2D eigenvalue weighted by molar-refractivity contribution is 6.27. The molecule has 0 unspecified atom stereocenters. The van der Waals surface area contributed by atoms with E-state index in [9.17, 15) is 9.18 Å². The molecular weight excluding hydrogens is 233 g/mol. The second kappa shape index (κ2) is 5.70. The summed E-state index contributed by atoms with van der Waals surface area (Å²) in [5, 5.41) is 0. The Labute approximate surface area is 98.8 Å². The Hall–Kier alpha value is -1.29. The molecular formula is C11H13ClFNO2. The van der Waals surface area contributed by atoms with Gasteiger partial charge in [-0.05, 0) is 6.07 Å². The Kier molecular flexibility index (Phi) is 4.55. The van der Waals surface area contributed by atoms with E-state index in [-0.39, 0.29) is 24.1 Å². The Morgan fingerprint density at radius 1 is 1.56 bits per heavy atom. The highest BCUT2D eigenvalue weighted by Crippen LogP contribution is 2.20. The van der Waals surface area contributed by atoms with Crippen LogP contribution in [-0.4, -0.2) is 30.8 Å². The molecule has 0 heterocycles. The fourth-order valence-electron chi connectivity index (χ4n) is 1.28. The van der Waals surface area contributed by atoms with Crippen LogP contribution in [0.1, 0.15) is 5.56 Å². The smallest absolute Gasteiger partial charge is 0.237 e. The Bertz CT molecular complexity index is 384. The maximum absolute atomic E-state index is 13.7. The van der Waals surface area contributed by atoms with Crippen molar-refractivity contribution in [1.82, 2.24) is 4.90 Å². The first-order valence-electron chi connectivity index (χ1n) is 4.71. The number of rotatable bonds is 4. The van der Waals surface area contributed by atoms with E-state index in [0.717, 1.165) is 0 Å². The van der Waals surface area contributed by atoms with Crippen molar-refractivity contribution in [2.24, 2.45) is 0 Å². The quantitative estimate of drug-likeness (QED) is 0.760. The summed E-state index contributed by atoms with van der Waals surface area (Å²) in [4.78, 5) is 12.6. The van der Waals surface area contributed by atoms with E-state index in [1.807, 2.05) is 0 Å². The first-order valence-corrected chi connectivity index (χ1v) is 5.25. The van der Waals surface area contributed by atoms with Crippen LogP contribution in [0.3, 0.4) is 0 Å². The molecule has 0 bridgehead atoms. The van der Waals surface area contributed by atoms with Crippen LogP contribution in [-0.2, 0) is 11.3 Å². The van der Waals surface area contributed by atoms with Gasteiger partial charge in [0.2, 0.25) is 5.91 Å². The van der Waals surface area contributed by atoms with Gasteiger partial charge < -0.3 is 9.64 Å². The molecule has 0 N–H and O–H groups in total. The second-order valence-electron chi connectivity index (χ2n) is 3.32. The van der Waals surface area contributed by atoms with E-state index < -0.39 is 5.82 Å². The molecule has 0 saturated carbocycles. The lowest BCUT2D eigenvalue weighted by atomic mass is 10.2. The zero-order valence-electron chi connectivity index (χ0n) is 9.17. The molecule has 1 rings (SSSR count). The number of amides is 1. The van der Waals surface area contributed by atoms with Crippen molar-refractivity contribution in [2.45, 2.75) is 6.54 Å². The van der Waals surface area contributed by atoms with Gasteiger partial charge in [0.1, 0.15) is 5.88 Å². The van der Waals surface area contributed by atoms with Crippen LogP contribution in [0, 0.1) is 5.82 Å². The molecule has 1 aromatic rings. The monoisotopic (exact) mass is 245 g/mol. The molecule has 0 spiro atoms. The average molecular weight is 246 g/mol. The number of carbonyl (C=O) groups excluding carboxylic acids is 1. The van der Waals surface area contributed by atoms with Crippen LogP contribution in [0.5, 0.6) is 5.75 Å². The number of methoxy groups -OCH3 is 1. The number of benzene rings is 1. The lowest BCUT2D eigenvalue weighted by molar-refractivity contribution is -0.127. The predicted octanol–water partition coefficient (Wildman–Crippen LogP) is 2.03. The fraction of sp³-hybridized carbons (Fsp3) is 0.364. The van der Waals surface area contributed by atoms with Crippen LogP contribution in [0.2, 0.25) is 0 Å². The molecule has 0 fully saturated rings. The molecule has 0 saturated heterocycles. The first kappa shape index (κ1) is 12.8. The molecule has 88 valence electrons. The summed E-state index contributed by atoms with van der Waals surface area (Å²) in [5.74, 6) is -0.630. The van der Waals surface area contributed by atoms with Gasteiger partial charge in [0, 0.05) is 19.2 Å². The lowest BCUT2D eigenvalue weighted by Crippen LogP contribution is -2.27. The minimum Gasteiger partial charge on any atom is -0.494 e. The van der Waals surface area contributed by atoms with Crippen molar-refractivity contribution in [2.75, 3.05) is 20.0 Å². The predicted molar refractivity (Wildman–Crippen MR) is 60.1 cm³/mol. The van der Waals surface area contributed by atoms with Gasteiger partial charge in [0.25, 0.3) is 0 Å². The van der Waals surface area contributed by atoms with Crippen molar-refractivity contribution in [3.63, 3.8) is 0 Å². The van der Waals surface area contributed by atoms with Crippen molar-refractivity contribution < 1.29 is 13.9 Å². The largest absolute Gasteiger partial charge is 0.494 e. The fourth-order valence-corrected chi connectivity index (χ4v) is 1.49. The summed E-state index contributed by atoms with van der Waals surface area (Å²) in [6.45, 7) is 0.175. The average Bonchev–Trinajstić information content (AvgIpc) is 2.30. The number of alkyl halides is 1. The maximum atomic E-state index is 13.7. The summed E-state index contributed by atoms with van der Waals surface area (Å²) in [6, 6.07) is 4.81. The summed E-state index contributed by atoms with van der Waals surface area (Å²) in [6.07, 6.45) is 0. The van der Waals surface area contributed by atoms with Gasteiger partial charge in [-0.3, -0.25) is 4.79 Å². The van der Waals surface area contributed by atoms with Crippen LogP contribution in [0.4, 0.5) is 4.39 Å². The Morgan fingerprint density at radius 3 is 2.81 bits per heavy atom. The zero-order chi connectivity index (χ0) is 12.1. The summed E-state index contributed by atoms with van der Waals surface area (Å²) < 4.78 is 18.6. The Morgan fingerprint density at radius 2 is 2.25 bits per heavy atom. The summed E-state index contributed by atoms with van der Waals surface area (Å²) in [5.41, 5.74) is 0.403. The minimum absolute atomic E-state index is 0.109. The van der Waals surface area contributed by atoms with Crippen molar-refractivity contribution >= 4 is 17.5 Å². The van der Waals surface area contributed by atoms with Gasteiger partial charge in [0.05, 0.1) is 7.11 Å². The summed E-state index contributed by atoms with van der Waals surface area (Å²) in [7, 11) is 2.97. The van der Waals surface area contributed by atoms with Crippen LogP contribution >= 0.6 is 11.6 Å². The SMILES string of the molecule is COc1cccc(CN(C)C(=O)CCl)c1F. The zero-order valence-corrected chi connectivity index (χ0v) is 9.92. The molecule has 16 heavy (non-hydrogen) atoms. The molecule has 1 aromatic carbocycles. The van der Waals surface area contributed by atoms with Gasteiger partial charge in [-0.1, -0.05) is 12.1 Å². The van der Waals surface area contributed by atoms with Crippen molar-refractivity contribution in [1.29, 1.82) is 0 Å². The number of carbonyl (C=O) groups is 1. The maximum Gasteiger partial charge on any atom is 0.237 e. The van der Waals surface area contributed by atoms with Crippen LogP contribution in [0.15, 0.2) is 18.2 Å². The number of ether oxygens (including phenoxy) is 1. The normalized spacial score (nSPS) is 10.0. The molecule has 0 radical (unpaired) electrons. The van der Waals surface area contributed by atoms with Gasteiger partial charge in [-0.15, -0.1) is 11.6 Å². The molecule has 3 nitrogen and oxygen atoms in total. The van der Waals surface area contributed by atoms with E-state index in [4.69, 9.17) is 16.3 Å². The molecule has 0 aliphatic carbocycles. The number of halogens is 2. The highest BCUT2D eigenvalue weighted by Gasteiger charge is 2.13. The van der Waals surface area contributed by atoms with Crippen LogP contribution in [0.25, 0.3) is 0 Å². The van der Waals surface area contributed by atoms with E-state index in [0.29, 0.717) is 5.56 Å². The third kappa shape index (κ3) is 2.85. The van der Waals surface area contributed by atoms with Crippen molar-refractivity contribution in [3.8, 4) is 5.75 Å². The number of nitrogens with zero attached hydrogens (tertiary/aromatic N) is 1. The van der Waals surface area contributed by atoms with Gasteiger partial charge in [-0.25, -0.2) is 4.39 Å². The standard InChI is InChI=1S/C11H13ClFNO2/c1-14(10(15)6-12)7-8-4-3-5-9(16-2)11(8)13/h3-5H,6-7H2,1-2H3. The van der Waals surface area contributed by atoms with E-state index >= 15 is 0 Å². The number of hydrogen-bond acceptors (Lipinski definition) is 2. The van der Waals surface area contributed by atoms with Gasteiger partial charge in [0.15, 0.2) is 11.6 Å². The number of hydrogen-bond donors (Lipinski definition) is 0. The second-order valence-corrected chi connectivity index (χ2v) is 3.58. The highest BCUT2D eigenvalue weighted by atomic mass is 35.5. The van der Waals surface area contributed by atoms with Crippen LogP contribution < -0.4 is 4.74 Å². The van der Waals surface area contributed by atoms with E-state index in [2.05, 4.69) is 0 Å². The molecule has 1 amide bonds. The third-order valence-corrected chi connectivity index (χ3v) is 2.44. The van der Waals surface area contributed by atoms with E-state index in [1.165, 1.54) is 18.1 Å². The topological polar surface area (TPSA) is 29.5 Å². The molecule has 0 aromatic heterocycles. The van der Waals surface area contributed by atoms with Gasteiger partial charge in [-0.2, -0.15) is 0 Å². The first-order chi connectivity index (χ1) is 7.60. The third-order valence-electron chi connectivity index (χ3n) is 2.21.